The number of aromatic nitrogens is 2. The summed E-state index contributed by atoms with van der Waals surface area (Å²) < 4.78 is 0. The molecule has 0 aliphatic carbocycles. The Morgan fingerprint density at radius 1 is 1.47 bits per heavy atom. The first-order chi connectivity index (χ1) is 7.97. The Morgan fingerprint density at radius 3 is 2.82 bits per heavy atom. The number of hydrogen-bond acceptors (Lipinski definition) is 3. The average Bonchev–Trinajstić information content (AvgIpc) is 2.83. The fourth-order valence-electron chi connectivity index (χ4n) is 1.25. The monoisotopic (exact) mass is 249 g/mol. The van der Waals surface area contributed by atoms with Gasteiger partial charge < -0.3 is 5.32 Å². The standard InChI is InChI=1S/C12H15N3OS/c1-12(2,3)11(16)13-10-7-8(14-15-10)9-5-4-6-17-9/h4-7H,1-3H3,(H2,13,14,15,16). The summed E-state index contributed by atoms with van der Waals surface area (Å²) in [7, 11) is 0. The second kappa shape index (κ2) is 4.33. The molecule has 1 amide bonds. The van der Waals surface area contributed by atoms with Crippen LogP contribution in [0.1, 0.15) is 20.8 Å². The number of nitrogens with zero attached hydrogens (tertiary/aromatic N) is 1. The van der Waals surface area contributed by atoms with Gasteiger partial charge in [0.25, 0.3) is 0 Å². The van der Waals surface area contributed by atoms with Crippen molar-refractivity contribution in [3.05, 3.63) is 23.6 Å². The maximum atomic E-state index is 11.8. The van der Waals surface area contributed by atoms with Crippen molar-refractivity contribution < 1.29 is 4.79 Å². The summed E-state index contributed by atoms with van der Waals surface area (Å²) >= 11 is 1.63. The lowest BCUT2D eigenvalue weighted by Gasteiger charge is -2.15. The van der Waals surface area contributed by atoms with Gasteiger partial charge in [-0.05, 0) is 11.4 Å². The lowest BCUT2D eigenvalue weighted by molar-refractivity contribution is -0.123. The Kier molecular flexibility index (Phi) is 3.02. The summed E-state index contributed by atoms with van der Waals surface area (Å²) in [5.41, 5.74) is 0.506. The Balaban J connectivity index is 2.12. The smallest absolute Gasteiger partial charge is 0.230 e. The topological polar surface area (TPSA) is 57.8 Å². The summed E-state index contributed by atoms with van der Waals surface area (Å²) in [6.45, 7) is 5.61. The number of hydrogen-bond donors (Lipinski definition) is 2. The first-order valence-electron chi connectivity index (χ1n) is 5.37. The molecule has 0 bridgehead atoms. The molecule has 0 fully saturated rings. The van der Waals surface area contributed by atoms with E-state index >= 15 is 0 Å². The fraction of sp³-hybridized carbons (Fsp3) is 0.333. The molecule has 2 rings (SSSR count). The van der Waals surface area contributed by atoms with Crippen molar-refractivity contribution in [3.63, 3.8) is 0 Å². The minimum atomic E-state index is -0.415. The van der Waals surface area contributed by atoms with Crippen LogP contribution in [0.15, 0.2) is 23.6 Å². The Hall–Kier alpha value is -1.62. The highest BCUT2D eigenvalue weighted by atomic mass is 32.1. The molecule has 0 aromatic carbocycles. The number of rotatable bonds is 2. The highest BCUT2D eigenvalue weighted by molar-refractivity contribution is 7.13. The number of aromatic amines is 1. The molecule has 2 aromatic rings. The largest absolute Gasteiger partial charge is 0.309 e. The second-order valence-electron chi connectivity index (χ2n) is 4.85. The first kappa shape index (κ1) is 11.9. The van der Waals surface area contributed by atoms with E-state index in [4.69, 9.17) is 0 Å². The van der Waals surface area contributed by atoms with E-state index in [1.54, 1.807) is 11.3 Å². The van der Waals surface area contributed by atoms with Gasteiger partial charge >= 0.3 is 0 Å². The third-order valence-corrected chi connectivity index (χ3v) is 3.19. The molecule has 2 aromatic heterocycles. The van der Waals surface area contributed by atoms with Crippen molar-refractivity contribution in [3.8, 4) is 10.6 Å². The number of nitrogens with one attached hydrogen (secondary N) is 2. The van der Waals surface area contributed by atoms with Gasteiger partial charge in [0.1, 0.15) is 0 Å². The van der Waals surface area contributed by atoms with Gasteiger partial charge in [0.15, 0.2) is 5.82 Å². The maximum absolute atomic E-state index is 11.8. The van der Waals surface area contributed by atoms with Gasteiger partial charge in [-0.3, -0.25) is 9.89 Å². The number of amides is 1. The van der Waals surface area contributed by atoms with Gasteiger partial charge in [0, 0.05) is 11.5 Å². The molecule has 0 saturated heterocycles. The van der Waals surface area contributed by atoms with Crippen LogP contribution < -0.4 is 5.32 Å². The van der Waals surface area contributed by atoms with Crippen LogP contribution in [0.4, 0.5) is 5.82 Å². The summed E-state index contributed by atoms with van der Waals surface area (Å²) in [5, 5.41) is 11.8. The van der Waals surface area contributed by atoms with Crippen molar-refractivity contribution >= 4 is 23.1 Å². The molecular weight excluding hydrogens is 234 g/mol. The molecular formula is C12H15N3OS. The van der Waals surface area contributed by atoms with E-state index < -0.39 is 5.41 Å². The highest BCUT2D eigenvalue weighted by Crippen LogP contribution is 2.25. The molecule has 2 N–H and O–H groups in total. The van der Waals surface area contributed by atoms with Crippen LogP contribution in [0.3, 0.4) is 0 Å². The lowest BCUT2D eigenvalue weighted by atomic mass is 9.96. The van der Waals surface area contributed by atoms with E-state index in [0.717, 1.165) is 10.6 Å². The molecule has 0 unspecified atom stereocenters. The van der Waals surface area contributed by atoms with E-state index in [1.807, 2.05) is 44.4 Å². The molecule has 2 heterocycles. The summed E-state index contributed by atoms with van der Waals surface area (Å²) in [6.07, 6.45) is 0. The molecule has 0 atom stereocenters. The van der Waals surface area contributed by atoms with E-state index in [-0.39, 0.29) is 5.91 Å². The normalized spacial score (nSPS) is 11.5. The molecule has 17 heavy (non-hydrogen) atoms. The Morgan fingerprint density at radius 2 is 2.24 bits per heavy atom. The van der Waals surface area contributed by atoms with Crippen LogP contribution in [-0.2, 0) is 4.79 Å². The van der Waals surface area contributed by atoms with Crippen molar-refractivity contribution in [2.75, 3.05) is 5.32 Å². The van der Waals surface area contributed by atoms with Crippen molar-refractivity contribution in [2.24, 2.45) is 5.41 Å². The molecule has 0 radical (unpaired) electrons. The molecule has 0 saturated carbocycles. The molecule has 90 valence electrons. The van der Waals surface area contributed by atoms with Gasteiger partial charge in [-0.15, -0.1) is 11.3 Å². The summed E-state index contributed by atoms with van der Waals surface area (Å²) in [4.78, 5) is 12.9. The fourth-order valence-corrected chi connectivity index (χ4v) is 1.94. The highest BCUT2D eigenvalue weighted by Gasteiger charge is 2.22. The quantitative estimate of drug-likeness (QED) is 0.859. The van der Waals surface area contributed by atoms with Crippen molar-refractivity contribution in [1.29, 1.82) is 0 Å². The average molecular weight is 249 g/mol. The van der Waals surface area contributed by atoms with Crippen LogP contribution in [0.25, 0.3) is 10.6 Å². The first-order valence-corrected chi connectivity index (χ1v) is 6.25. The van der Waals surface area contributed by atoms with E-state index in [2.05, 4.69) is 15.5 Å². The molecule has 0 aliphatic rings. The van der Waals surface area contributed by atoms with Gasteiger partial charge in [0.05, 0.1) is 10.6 Å². The molecule has 0 aliphatic heterocycles. The SMILES string of the molecule is CC(C)(C)C(=O)Nc1cc(-c2cccs2)[nH]n1. The third kappa shape index (κ3) is 2.74. The lowest BCUT2D eigenvalue weighted by Crippen LogP contribution is -2.27. The van der Waals surface area contributed by atoms with Crippen molar-refractivity contribution in [1.82, 2.24) is 10.2 Å². The maximum Gasteiger partial charge on any atom is 0.230 e. The zero-order valence-corrected chi connectivity index (χ0v) is 10.9. The zero-order chi connectivity index (χ0) is 12.5. The van der Waals surface area contributed by atoms with E-state index in [0.29, 0.717) is 5.82 Å². The predicted molar refractivity (Wildman–Crippen MR) is 70.0 cm³/mol. The van der Waals surface area contributed by atoms with Gasteiger partial charge in [-0.2, -0.15) is 5.10 Å². The Bertz CT molecular complexity index is 508. The van der Waals surface area contributed by atoms with Crippen LogP contribution in [-0.4, -0.2) is 16.1 Å². The minimum Gasteiger partial charge on any atom is -0.309 e. The van der Waals surface area contributed by atoms with Gasteiger partial charge in [-0.1, -0.05) is 26.8 Å². The second-order valence-corrected chi connectivity index (χ2v) is 5.80. The van der Waals surface area contributed by atoms with Crippen LogP contribution >= 0.6 is 11.3 Å². The number of carbonyl (C=O) groups is 1. The number of anilines is 1. The molecule has 4 nitrogen and oxygen atoms in total. The molecule has 0 spiro atoms. The number of thiophene rings is 1. The summed E-state index contributed by atoms with van der Waals surface area (Å²) in [5.74, 6) is 0.523. The van der Waals surface area contributed by atoms with Gasteiger partial charge in [0.2, 0.25) is 5.91 Å². The van der Waals surface area contributed by atoms with Crippen molar-refractivity contribution in [2.45, 2.75) is 20.8 Å². The predicted octanol–water partition coefficient (Wildman–Crippen LogP) is 3.12. The van der Waals surface area contributed by atoms with Crippen LogP contribution in [0, 0.1) is 5.41 Å². The Labute approximate surface area is 104 Å². The minimum absolute atomic E-state index is 0.0401. The number of H-pyrrole nitrogens is 1. The number of carbonyl (C=O) groups excluding carboxylic acids is 1. The van der Waals surface area contributed by atoms with Crippen LogP contribution in [0.5, 0.6) is 0 Å². The van der Waals surface area contributed by atoms with Crippen LogP contribution in [0.2, 0.25) is 0 Å². The van der Waals surface area contributed by atoms with Gasteiger partial charge in [-0.25, -0.2) is 0 Å². The van der Waals surface area contributed by atoms with E-state index in [9.17, 15) is 4.79 Å². The van der Waals surface area contributed by atoms with E-state index in [1.165, 1.54) is 0 Å². The third-order valence-electron chi connectivity index (χ3n) is 2.29. The molecule has 5 heteroatoms. The zero-order valence-electron chi connectivity index (χ0n) is 10.1. The summed E-state index contributed by atoms with van der Waals surface area (Å²) in [6, 6.07) is 5.83.